The van der Waals surface area contributed by atoms with E-state index in [9.17, 15) is 18.4 Å². The molecule has 4 rings (SSSR count). The molecular weight excluding hydrogens is 494 g/mol. The molecule has 2 aromatic carbocycles. The van der Waals surface area contributed by atoms with Gasteiger partial charge in [-0.25, -0.2) is 8.78 Å². The summed E-state index contributed by atoms with van der Waals surface area (Å²) >= 11 is 0. The predicted octanol–water partition coefficient (Wildman–Crippen LogP) is 4.20. The lowest BCUT2D eigenvalue weighted by Gasteiger charge is -2.32. The average molecular weight is 523 g/mol. The van der Waals surface area contributed by atoms with Gasteiger partial charge >= 0.3 is 0 Å². The Morgan fingerprint density at radius 2 is 1.63 bits per heavy atom. The molecule has 0 bridgehead atoms. The third-order valence-electron chi connectivity index (χ3n) is 5.51. The molecule has 0 spiro atoms. The molecule has 0 saturated carbocycles. The van der Waals surface area contributed by atoms with Crippen LogP contribution < -0.4 is 5.32 Å². The van der Waals surface area contributed by atoms with Gasteiger partial charge in [0.1, 0.15) is 29.7 Å². The van der Waals surface area contributed by atoms with Crippen molar-refractivity contribution in [3.8, 4) is 11.4 Å². The first-order valence-electron chi connectivity index (χ1n) is 11.9. The second-order valence-corrected chi connectivity index (χ2v) is 9.89. The number of rotatable bonds is 8. The zero-order valence-corrected chi connectivity index (χ0v) is 21.5. The Labute approximate surface area is 218 Å². The van der Waals surface area contributed by atoms with E-state index < -0.39 is 35.0 Å². The van der Waals surface area contributed by atoms with Crippen LogP contribution in [0.2, 0.25) is 0 Å². The molecule has 38 heavy (non-hydrogen) atoms. The lowest BCUT2D eigenvalue weighted by Crippen LogP contribution is -2.49. The van der Waals surface area contributed by atoms with E-state index in [1.54, 1.807) is 31.2 Å². The molecule has 198 valence electrons. The number of nitrogens with one attached hydrogen (secondary N) is 1. The lowest BCUT2D eigenvalue weighted by atomic mass is 10.1. The number of hydrogen-bond acceptors (Lipinski definition) is 6. The summed E-state index contributed by atoms with van der Waals surface area (Å²) in [7, 11) is 0. The number of carbonyl (C=O) groups is 2. The van der Waals surface area contributed by atoms with E-state index in [0.29, 0.717) is 16.9 Å². The molecule has 0 radical (unpaired) electrons. The predicted molar refractivity (Wildman–Crippen MR) is 134 cm³/mol. The molecule has 11 heteroatoms. The van der Waals surface area contributed by atoms with Crippen molar-refractivity contribution in [3.63, 3.8) is 0 Å². The highest BCUT2D eigenvalue weighted by molar-refractivity contribution is 5.88. The van der Waals surface area contributed by atoms with E-state index in [1.165, 1.54) is 41.3 Å². The highest BCUT2D eigenvalue weighted by Crippen LogP contribution is 2.27. The highest BCUT2D eigenvalue weighted by atomic mass is 19.1. The van der Waals surface area contributed by atoms with Crippen molar-refractivity contribution >= 4 is 11.8 Å². The van der Waals surface area contributed by atoms with Crippen molar-refractivity contribution in [2.45, 2.75) is 52.4 Å². The number of furan rings is 1. The van der Waals surface area contributed by atoms with Gasteiger partial charge in [0, 0.05) is 17.6 Å². The van der Waals surface area contributed by atoms with E-state index in [1.807, 2.05) is 20.8 Å². The Bertz CT molecular complexity index is 1410. The van der Waals surface area contributed by atoms with Gasteiger partial charge < -0.3 is 14.6 Å². The van der Waals surface area contributed by atoms with Gasteiger partial charge in [0.25, 0.3) is 5.91 Å². The number of amides is 2. The lowest BCUT2D eigenvalue weighted by molar-refractivity contribution is -0.143. The van der Waals surface area contributed by atoms with Gasteiger partial charge in [0.2, 0.25) is 11.7 Å². The summed E-state index contributed by atoms with van der Waals surface area (Å²) in [4.78, 5) is 29.7. The van der Waals surface area contributed by atoms with Gasteiger partial charge in [-0.3, -0.25) is 9.59 Å². The summed E-state index contributed by atoms with van der Waals surface area (Å²) < 4.78 is 32.6. The Hall–Kier alpha value is -4.41. The Kier molecular flexibility index (Phi) is 7.65. The molecule has 2 aromatic heterocycles. The third kappa shape index (κ3) is 6.67. The van der Waals surface area contributed by atoms with Crippen molar-refractivity contribution in [2.24, 2.45) is 0 Å². The summed E-state index contributed by atoms with van der Waals surface area (Å²) in [6, 6.07) is 13.4. The van der Waals surface area contributed by atoms with E-state index >= 15 is 0 Å². The fourth-order valence-electron chi connectivity index (χ4n) is 3.81. The van der Waals surface area contributed by atoms with Crippen molar-refractivity contribution in [2.75, 3.05) is 0 Å². The molecule has 0 aliphatic carbocycles. The van der Waals surface area contributed by atoms with E-state index in [0.717, 1.165) is 4.80 Å². The first kappa shape index (κ1) is 26.6. The van der Waals surface area contributed by atoms with Crippen LogP contribution in [0.1, 0.15) is 43.9 Å². The van der Waals surface area contributed by atoms with Crippen LogP contribution in [0, 0.1) is 18.6 Å². The molecule has 0 unspecified atom stereocenters. The number of hydrogen-bond donors (Lipinski definition) is 1. The summed E-state index contributed by atoms with van der Waals surface area (Å²) in [6.45, 7) is 6.88. The maximum atomic E-state index is 13.7. The zero-order valence-electron chi connectivity index (χ0n) is 21.5. The number of aromatic nitrogens is 4. The van der Waals surface area contributed by atoms with E-state index in [2.05, 4.69) is 20.7 Å². The quantitative estimate of drug-likeness (QED) is 0.372. The molecule has 9 nitrogen and oxygen atoms in total. The third-order valence-corrected chi connectivity index (χ3v) is 5.51. The fourth-order valence-corrected chi connectivity index (χ4v) is 3.81. The number of carbonyl (C=O) groups excluding carboxylic acids is 2. The van der Waals surface area contributed by atoms with Gasteiger partial charge in [0.15, 0.2) is 6.04 Å². The van der Waals surface area contributed by atoms with Crippen LogP contribution in [0.5, 0.6) is 0 Å². The van der Waals surface area contributed by atoms with E-state index in [-0.39, 0.29) is 24.7 Å². The fraction of sp³-hybridized carbons (Fsp3) is 0.296. The monoisotopic (exact) mass is 522 g/mol. The van der Waals surface area contributed by atoms with Gasteiger partial charge in [-0.1, -0.05) is 12.1 Å². The summed E-state index contributed by atoms with van der Waals surface area (Å²) in [6.07, 6.45) is 0. The van der Waals surface area contributed by atoms with Crippen LogP contribution in [0.25, 0.3) is 11.4 Å². The van der Waals surface area contributed by atoms with Crippen LogP contribution in [-0.2, 0) is 22.7 Å². The topological polar surface area (TPSA) is 106 Å². The average Bonchev–Trinajstić information content (AvgIpc) is 3.48. The Morgan fingerprint density at radius 1 is 1.00 bits per heavy atom. The van der Waals surface area contributed by atoms with Gasteiger partial charge in [-0.2, -0.15) is 4.80 Å². The molecule has 0 fully saturated rings. The number of aryl methyl sites for hydroxylation is 1. The number of tetrazole rings is 1. The molecule has 2 amide bonds. The maximum absolute atomic E-state index is 13.7. The van der Waals surface area contributed by atoms with Gasteiger partial charge in [-0.15, -0.1) is 10.2 Å². The second-order valence-electron chi connectivity index (χ2n) is 9.89. The molecular formula is C27H28F2N6O3. The van der Waals surface area contributed by atoms with Crippen molar-refractivity contribution < 1.29 is 22.8 Å². The van der Waals surface area contributed by atoms with Gasteiger partial charge in [0.05, 0.1) is 0 Å². The van der Waals surface area contributed by atoms with Crippen LogP contribution >= 0.6 is 0 Å². The Morgan fingerprint density at radius 3 is 2.21 bits per heavy atom. The smallest absolute Gasteiger partial charge is 0.251 e. The highest BCUT2D eigenvalue weighted by Gasteiger charge is 2.36. The largest absolute Gasteiger partial charge is 0.464 e. The maximum Gasteiger partial charge on any atom is 0.251 e. The van der Waals surface area contributed by atoms with Crippen LogP contribution in [-0.4, -0.2) is 42.5 Å². The molecule has 0 saturated heterocycles. The summed E-state index contributed by atoms with van der Waals surface area (Å²) in [5, 5.41) is 15.1. The number of benzene rings is 2. The van der Waals surface area contributed by atoms with Gasteiger partial charge in [-0.05, 0) is 87.0 Å². The minimum absolute atomic E-state index is 0.0133. The zero-order chi connectivity index (χ0) is 27.4. The molecule has 2 heterocycles. The summed E-state index contributed by atoms with van der Waals surface area (Å²) in [5.41, 5.74) is 0.552. The summed E-state index contributed by atoms with van der Waals surface area (Å²) in [5.74, 6) is -0.702. The first-order valence-corrected chi connectivity index (χ1v) is 11.9. The second kappa shape index (κ2) is 10.9. The normalized spacial score (nSPS) is 12.3. The Balaban J connectivity index is 1.68. The van der Waals surface area contributed by atoms with Crippen LogP contribution in [0.15, 0.2) is 65.1 Å². The minimum atomic E-state index is -1.12. The molecule has 0 aliphatic rings. The molecule has 4 aromatic rings. The SMILES string of the molecule is Cc1ccc([C@@H](C(=O)NC(C)(C)C)N(Cc2ccc(F)cc2)C(=O)Cn2nnc(-c3ccc(F)cc3)n2)o1. The first-order chi connectivity index (χ1) is 18.0. The van der Waals surface area contributed by atoms with E-state index in [4.69, 9.17) is 4.42 Å². The minimum Gasteiger partial charge on any atom is -0.464 e. The molecule has 0 aliphatic heterocycles. The van der Waals surface area contributed by atoms with Crippen LogP contribution in [0.4, 0.5) is 8.78 Å². The van der Waals surface area contributed by atoms with Crippen molar-refractivity contribution in [3.05, 3.63) is 89.4 Å². The molecule has 1 N–H and O–H groups in total. The molecule has 1 atom stereocenters. The van der Waals surface area contributed by atoms with Crippen molar-refractivity contribution in [1.82, 2.24) is 30.4 Å². The van der Waals surface area contributed by atoms with Crippen molar-refractivity contribution in [1.29, 1.82) is 0 Å². The number of nitrogens with zero attached hydrogens (tertiary/aromatic N) is 5. The standard InChI is InChI=1S/C27H28F2N6O3/c1-17-5-14-22(38-17)24(26(37)30-27(2,3)4)34(15-18-6-10-20(28)11-7-18)23(36)16-35-32-25(31-33-35)19-8-12-21(29)13-9-19/h5-14,24H,15-16H2,1-4H3,(H,30,37)/t24-/m0/s1. The van der Waals surface area contributed by atoms with Crippen LogP contribution in [0.3, 0.4) is 0 Å². The number of halogens is 2.